The molecule has 0 bridgehead atoms. The Bertz CT molecular complexity index is 599. The highest BCUT2D eigenvalue weighted by molar-refractivity contribution is 5.29. The third-order valence-corrected chi connectivity index (χ3v) is 3.00. The molecule has 0 fully saturated rings. The standard InChI is InChI=1S/C16H17F2NO/c1-10-4-3-5-12(8-10)16(11(2)19)20-15-7-6-13(17)9-14(15)18/h3-9,11,16H,19H2,1-2H3. The van der Waals surface area contributed by atoms with Crippen LogP contribution in [0.3, 0.4) is 0 Å². The van der Waals surface area contributed by atoms with Gasteiger partial charge in [0, 0.05) is 12.1 Å². The van der Waals surface area contributed by atoms with E-state index in [4.69, 9.17) is 10.5 Å². The van der Waals surface area contributed by atoms with Crippen molar-refractivity contribution < 1.29 is 13.5 Å². The molecule has 0 amide bonds. The molecular weight excluding hydrogens is 260 g/mol. The van der Waals surface area contributed by atoms with Crippen molar-refractivity contribution in [2.75, 3.05) is 0 Å². The number of aryl methyl sites for hydroxylation is 1. The molecule has 0 aliphatic heterocycles. The smallest absolute Gasteiger partial charge is 0.168 e. The Morgan fingerprint density at radius 1 is 1.10 bits per heavy atom. The van der Waals surface area contributed by atoms with Crippen LogP contribution in [-0.2, 0) is 0 Å². The maximum atomic E-state index is 13.7. The topological polar surface area (TPSA) is 35.2 Å². The predicted octanol–water partition coefficient (Wildman–Crippen LogP) is 3.74. The largest absolute Gasteiger partial charge is 0.481 e. The highest BCUT2D eigenvalue weighted by Crippen LogP contribution is 2.27. The Morgan fingerprint density at radius 2 is 1.85 bits per heavy atom. The molecule has 4 heteroatoms. The van der Waals surface area contributed by atoms with Crippen molar-refractivity contribution in [3.63, 3.8) is 0 Å². The monoisotopic (exact) mass is 277 g/mol. The second-order valence-electron chi connectivity index (χ2n) is 4.89. The average Bonchev–Trinajstić information content (AvgIpc) is 2.37. The van der Waals surface area contributed by atoms with Gasteiger partial charge < -0.3 is 10.5 Å². The molecule has 2 aromatic carbocycles. The maximum absolute atomic E-state index is 13.7. The van der Waals surface area contributed by atoms with Gasteiger partial charge in [0.15, 0.2) is 11.6 Å². The average molecular weight is 277 g/mol. The molecule has 106 valence electrons. The second kappa shape index (κ2) is 6.01. The summed E-state index contributed by atoms with van der Waals surface area (Å²) in [5.74, 6) is -1.37. The number of nitrogens with two attached hydrogens (primary N) is 1. The summed E-state index contributed by atoms with van der Waals surface area (Å²) in [6, 6.07) is 10.6. The number of ether oxygens (including phenoxy) is 1. The zero-order valence-corrected chi connectivity index (χ0v) is 11.4. The van der Waals surface area contributed by atoms with E-state index in [2.05, 4.69) is 0 Å². The highest BCUT2D eigenvalue weighted by atomic mass is 19.1. The molecule has 2 rings (SSSR count). The molecule has 0 spiro atoms. The molecule has 0 aromatic heterocycles. The number of hydrogen-bond donors (Lipinski definition) is 1. The minimum absolute atomic E-state index is 0.00444. The van der Waals surface area contributed by atoms with Crippen LogP contribution in [0.1, 0.15) is 24.2 Å². The van der Waals surface area contributed by atoms with Crippen LogP contribution in [0.15, 0.2) is 42.5 Å². The van der Waals surface area contributed by atoms with E-state index < -0.39 is 17.7 Å². The van der Waals surface area contributed by atoms with Crippen molar-refractivity contribution in [1.29, 1.82) is 0 Å². The summed E-state index contributed by atoms with van der Waals surface area (Å²) < 4.78 is 32.2. The summed E-state index contributed by atoms with van der Waals surface area (Å²) >= 11 is 0. The fraction of sp³-hybridized carbons (Fsp3) is 0.250. The first-order valence-electron chi connectivity index (χ1n) is 6.41. The summed E-state index contributed by atoms with van der Waals surface area (Å²) in [6.45, 7) is 3.74. The number of rotatable bonds is 4. The van der Waals surface area contributed by atoms with Gasteiger partial charge >= 0.3 is 0 Å². The van der Waals surface area contributed by atoms with Crippen LogP contribution < -0.4 is 10.5 Å². The van der Waals surface area contributed by atoms with E-state index in [1.54, 1.807) is 6.92 Å². The van der Waals surface area contributed by atoms with E-state index in [9.17, 15) is 8.78 Å². The van der Waals surface area contributed by atoms with Gasteiger partial charge in [0.25, 0.3) is 0 Å². The minimum atomic E-state index is -0.733. The lowest BCUT2D eigenvalue weighted by Gasteiger charge is -2.23. The Kier molecular flexibility index (Phi) is 4.35. The van der Waals surface area contributed by atoms with Gasteiger partial charge in [-0.1, -0.05) is 29.8 Å². The Hall–Kier alpha value is -1.94. The summed E-state index contributed by atoms with van der Waals surface area (Å²) in [4.78, 5) is 0. The molecule has 0 aliphatic rings. The summed E-state index contributed by atoms with van der Waals surface area (Å²) in [6.07, 6.45) is -0.491. The molecule has 0 saturated carbocycles. The first kappa shape index (κ1) is 14.5. The molecule has 2 unspecified atom stereocenters. The predicted molar refractivity (Wildman–Crippen MR) is 74.6 cm³/mol. The van der Waals surface area contributed by atoms with E-state index in [0.29, 0.717) is 0 Å². The van der Waals surface area contributed by atoms with E-state index in [1.807, 2.05) is 31.2 Å². The lowest BCUT2D eigenvalue weighted by Crippen LogP contribution is -2.29. The van der Waals surface area contributed by atoms with Crippen molar-refractivity contribution >= 4 is 0 Å². The Balaban J connectivity index is 2.30. The summed E-state index contributed by atoms with van der Waals surface area (Å²) in [7, 11) is 0. The zero-order chi connectivity index (χ0) is 14.7. The maximum Gasteiger partial charge on any atom is 0.168 e. The van der Waals surface area contributed by atoms with E-state index in [1.165, 1.54) is 6.07 Å². The molecule has 2 N–H and O–H groups in total. The van der Waals surface area contributed by atoms with Crippen LogP contribution in [0.5, 0.6) is 5.75 Å². The second-order valence-corrected chi connectivity index (χ2v) is 4.89. The first-order valence-corrected chi connectivity index (χ1v) is 6.41. The van der Waals surface area contributed by atoms with Crippen LogP contribution in [0.4, 0.5) is 8.78 Å². The molecule has 20 heavy (non-hydrogen) atoms. The lowest BCUT2D eigenvalue weighted by molar-refractivity contribution is 0.172. The Morgan fingerprint density at radius 3 is 2.45 bits per heavy atom. The van der Waals surface area contributed by atoms with Crippen LogP contribution in [-0.4, -0.2) is 6.04 Å². The van der Waals surface area contributed by atoms with Crippen LogP contribution in [0.2, 0.25) is 0 Å². The molecule has 2 aromatic rings. The van der Waals surface area contributed by atoms with E-state index in [0.717, 1.165) is 23.3 Å². The van der Waals surface area contributed by atoms with E-state index in [-0.39, 0.29) is 11.8 Å². The van der Waals surface area contributed by atoms with Gasteiger partial charge in [-0.15, -0.1) is 0 Å². The van der Waals surface area contributed by atoms with Gasteiger partial charge in [-0.2, -0.15) is 0 Å². The Labute approximate surface area is 117 Å². The number of benzene rings is 2. The quantitative estimate of drug-likeness (QED) is 0.924. The summed E-state index contributed by atoms with van der Waals surface area (Å²) in [5, 5.41) is 0. The van der Waals surface area contributed by atoms with Crippen LogP contribution >= 0.6 is 0 Å². The van der Waals surface area contributed by atoms with Crippen molar-refractivity contribution in [3.05, 3.63) is 65.2 Å². The third kappa shape index (κ3) is 3.33. The van der Waals surface area contributed by atoms with Crippen LogP contribution in [0.25, 0.3) is 0 Å². The molecule has 0 radical (unpaired) electrons. The minimum Gasteiger partial charge on any atom is -0.481 e. The third-order valence-electron chi connectivity index (χ3n) is 3.00. The van der Waals surface area contributed by atoms with Gasteiger partial charge in [0.05, 0.1) is 0 Å². The fourth-order valence-electron chi connectivity index (χ4n) is 2.03. The van der Waals surface area contributed by atoms with Gasteiger partial charge in [-0.3, -0.25) is 0 Å². The molecule has 2 atom stereocenters. The van der Waals surface area contributed by atoms with Crippen LogP contribution in [0, 0.1) is 18.6 Å². The SMILES string of the molecule is Cc1cccc(C(Oc2ccc(F)cc2F)C(C)N)c1. The number of hydrogen-bond acceptors (Lipinski definition) is 2. The van der Waals surface area contributed by atoms with Crippen molar-refractivity contribution in [3.8, 4) is 5.75 Å². The van der Waals surface area contributed by atoms with Gasteiger partial charge in [-0.05, 0) is 31.5 Å². The lowest BCUT2D eigenvalue weighted by atomic mass is 10.0. The van der Waals surface area contributed by atoms with E-state index >= 15 is 0 Å². The zero-order valence-electron chi connectivity index (χ0n) is 11.4. The molecular formula is C16H17F2NO. The molecule has 2 nitrogen and oxygen atoms in total. The fourth-order valence-corrected chi connectivity index (χ4v) is 2.03. The highest BCUT2D eigenvalue weighted by Gasteiger charge is 2.20. The normalized spacial score (nSPS) is 13.8. The molecule has 0 saturated heterocycles. The van der Waals surface area contributed by atoms with Gasteiger partial charge in [-0.25, -0.2) is 8.78 Å². The van der Waals surface area contributed by atoms with Crippen molar-refractivity contribution in [1.82, 2.24) is 0 Å². The first-order chi connectivity index (χ1) is 9.47. The number of halogens is 2. The van der Waals surface area contributed by atoms with Gasteiger partial charge in [0.2, 0.25) is 0 Å². The molecule has 0 heterocycles. The summed E-state index contributed by atoms with van der Waals surface area (Å²) in [5.41, 5.74) is 7.86. The molecule has 0 aliphatic carbocycles. The van der Waals surface area contributed by atoms with Crippen molar-refractivity contribution in [2.45, 2.75) is 26.0 Å². The van der Waals surface area contributed by atoms with Crippen molar-refractivity contribution in [2.24, 2.45) is 5.73 Å². The van der Waals surface area contributed by atoms with Gasteiger partial charge in [0.1, 0.15) is 11.9 Å².